The lowest BCUT2D eigenvalue weighted by Crippen LogP contribution is -2.38. The molecule has 2 rings (SSSR count). The summed E-state index contributed by atoms with van der Waals surface area (Å²) in [6.07, 6.45) is 0. The van der Waals surface area contributed by atoms with Gasteiger partial charge in [0.1, 0.15) is 0 Å². The standard InChI is InChI=1S/C20H27N3O3S/c1-5-21-16(4)13-22-20(24)17-7-10-19(11-8-17)27(25,26)23-18-9-6-14(2)15(3)12-18/h6-12,16,21,23H,5,13H2,1-4H3,(H,22,24)/t16-/m1/s1. The van der Waals surface area contributed by atoms with E-state index in [0.717, 1.165) is 17.7 Å². The zero-order valence-electron chi connectivity index (χ0n) is 16.2. The van der Waals surface area contributed by atoms with Crippen molar-refractivity contribution in [1.29, 1.82) is 0 Å². The van der Waals surface area contributed by atoms with E-state index < -0.39 is 10.0 Å². The Bertz CT molecular complexity index is 893. The summed E-state index contributed by atoms with van der Waals surface area (Å²) in [7, 11) is -3.71. The van der Waals surface area contributed by atoms with Gasteiger partial charge in [0.05, 0.1) is 4.90 Å². The van der Waals surface area contributed by atoms with Crippen molar-refractivity contribution >= 4 is 21.6 Å². The molecule has 0 aliphatic carbocycles. The van der Waals surface area contributed by atoms with Gasteiger partial charge in [0.2, 0.25) is 0 Å². The Morgan fingerprint density at radius 3 is 2.30 bits per heavy atom. The van der Waals surface area contributed by atoms with Crippen LogP contribution in [0.5, 0.6) is 0 Å². The molecule has 0 radical (unpaired) electrons. The first-order valence-corrected chi connectivity index (χ1v) is 10.4. The van der Waals surface area contributed by atoms with E-state index in [2.05, 4.69) is 15.4 Å². The Balaban J connectivity index is 2.06. The van der Waals surface area contributed by atoms with Gasteiger partial charge in [-0.15, -0.1) is 0 Å². The Morgan fingerprint density at radius 2 is 1.70 bits per heavy atom. The van der Waals surface area contributed by atoms with Crippen molar-refractivity contribution in [2.24, 2.45) is 0 Å². The molecule has 0 heterocycles. The third-order valence-corrected chi connectivity index (χ3v) is 5.70. The predicted molar refractivity (Wildman–Crippen MR) is 109 cm³/mol. The molecule has 2 aromatic rings. The van der Waals surface area contributed by atoms with Crippen molar-refractivity contribution in [2.45, 2.75) is 38.6 Å². The molecular formula is C20H27N3O3S. The molecule has 1 atom stereocenters. The summed E-state index contributed by atoms with van der Waals surface area (Å²) in [5.41, 5.74) is 3.03. The summed E-state index contributed by atoms with van der Waals surface area (Å²) in [5.74, 6) is -0.231. The monoisotopic (exact) mass is 389 g/mol. The zero-order valence-corrected chi connectivity index (χ0v) is 17.0. The highest BCUT2D eigenvalue weighted by molar-refractivity contribution is 7.92. The van der Waals surface area contributed by atoms with Gasteiger partial charge in [0, 0.05) is 23.8 Å². The van der Waals surface area contributed by atoms with Crippen LogP contribution in [0.2, 0.25) is 0 Å². The topological polar surface area (TPSA) is 87.3 Å². The minimum Gasteiger partial charge on any atom is -0.350 e. The van der Waals surface area contributed by atoms with Crippen molar-refractivity contribution in [1.82, 2.24) is 10.6 Å². The van der Waals surface area contributed by atoms with Crippen LogP contribution in [-0.4, -0.2) is 33.5 Å². The Hall–Kier alpha value is -2.38. The Kier molecular flexibility index (Phi) is 6.98. The molecule has 2 aromatic carbocycles. The van der Waals surface area contributed by atoms with Gasteiger partial charge in [-0.2, -0.15) is 0 Å². The first-order valence-electron chi connectivity index (χ1n) is 8.94. The lowest BCUT2D eigenvalue weighted by molar-refractivity contribution is 0.0950. The summed E-state index contributed by atoms with van der Waals surface area (Å²) in [6.45, 7) is 9.22. The summed E-state index contributed by atoms with van der Waals surface area (Å²) in [4.78, 5) is 12.3. The highest BCUT2D eigenvalue weighted by Crippen LogP contribution is 2.19. The van der Waals surface area contributed by atoms with Gasteiger partial charge < -0.3 is 10.6 Å². The maximum Gasteiger partial charge on any atom is 0.261 e. The lowest BCUT2D eigenvalue weighted by atomic mass is 10.1. The van der Waals surface area contributed by atoms with Gasteiger partial charge in [-0.3, -0.25) is 9.52 Å². The third-order valence-electron chi connectivity index (χ3n) is 4.31. The molecule has 6 nitrogen and oxygen atoms in total. The van der Waals surface area contributed by atoms with E-state index >= 15 is 0 Å². The van der Waals surface area contributed by atoms with Crippen LogP contribution in [0.4, 0.5) is 5.69 Å². The number of likely N-dealkylation sites (N-methyl/N-ethyl adjacent to an activating group) is 1. The fraction of sp³-hybridized carbons (Fsp3) is 0.350. The SMILES string of the molecule is CCN[C@H](C)CNC(=O)c1ccc(S(=O)(=O)Nc2ccc(C)c(C)c2)cc1. The number of hydrogen-bond acceptors (Lipinski definition) is 4. The molecular weight excluding hydrogens is 362 g/mol. The number of amides is 1. The van der Waals surface area contributed by atoms with Crippen molar-refractivity contribution in [2.75, 3.05) is 17.8 Å². The van der Waals surface area contributed by atoms with Gasteiger partial charge in [-0.25, -0.2) is 8.42 Å². The summed E-state index contributed by atoms with van der Waals surface area (Å²) < 4.78 is 27.7. The quantitative estimate of drug-likeness (QED) is 0.648. The van der Waals surface area contributed by atoms with E-state index in [0.29, 0.717) is 17.8 Å². The molecule has 0 fully saturated rings. The average molecular weight is 390 g/mol. The second kappa shape index (κ2) is 9.01. The van der Waals surface area contributed by atoms with Gasteiger partial charge in [0.25, 0.3) is 15.9 Å². The van der Waals surface area contributed by atoms with E-state index in [1.54, 1.807) is 12.1 Å². The lowest BCUT2D eigenvalue weighted by Gasteiger charge is -2.13. The van der Waals surface area contributed by atoms with E-state index in [9.17, 15) is 13.2 Å². The molecule has 27 heavy (non-hydrogen) atoms. The normalized spacial score (nSPS) is 12.4. The van der Waals surface area contributed by atoms with Crippen molar-refractivity contribution in [3.8, 4) is 0 Å². The Morgan fingerprint density at radius 1 is 1.04 bits per heavy atom. The first kappa shape index (κ1) is 20.9. The maximum atomic E-state index is 12.5. The fourth-order valence-corrected chi connectivity index (χ4v) is 3.62. The number of carbonyl (C=O) groups excluding carboxylic acids is 1. The van der Waals surface area contributed by atoms with Gasteiger partial charge in [-0.1, -0.05) is 13.0 Å². The maximum absolute atomic E-state index is 12.5. The summed E-state index contributed by atoms with van der Waals surface area (Å²) in [5, 5.41) is 6.04. The van der Waals surface area contributed by atoms with E-state index in [1.807, 2.05) is 33.8 Å². The zero-order chi connectivity index (χ0) is 20.0. The number of carbonyl (C=O) groups is 1. The molecule has 0 aromatic heterocycles. The summed E-state index contributed by atoms with van der Waals surface area (Å²) >= 11 is 0. The molecule has 146 valence electrons. The van der Waals surface area contributed by atoms with Gasteiger partial charge in [0.15, 0.2) is 0 Å². The molecule has 3 N–H and O–H groups in total. The van der Waals surface area contributed by atoms with Crippen LogP contribution in [0.25, 0.3) is 0 Å². The number of aryl methyl sites for hydroxylation is 2. The number of anilines is 1. The van der Waals surface area contributed by atoms with Crippen LogP contribution in [0.1, 0.15) is 35.3 Å². The van der Waals surface area contributed by atoms with E-state index in [4.69, 9.17) is 0 Å². The van der Waals surface area contributed by atoms with Crippen LogP contribution < -0.4 is 15.4 Å². The number of rotatable bonds is 8. The minimum absolute atomic E-state index is 0.110. The van der Waals surface area contributed by atoms with Crippen molar-refractivity contribution in [3.05, 3.63) is 59.2 Å². The van der Waals surface area contributed by atoms with Gasteiger partial charge >= 0.3 is 0 Å². The Labute approximate surface area is 161 Å². The average Bonchev–Trinajstić information content (AvgIpc) is 2.63. The second-order valence-corrected chi connectivity index (χ2v) is 8.28. The van der Waals surface area contributed by atoms with E-state index in [-0.39, 0.29) is 16.8 Å². The minimum atomic E-state index is -3.71. The molecule has 0 bridgehead atoms. The predicted octanol–water partition coefficient (Wildman–Crippen LogP) is 2.83. The summed E-state index contributed by atoms with van der Waals surface area (Å²) in [6, 6.07) is 11.5. The highest BCUT2D eigenvalue weighted by Gasteiger charge is 2.16. The molecule has 0 saturated carbocycles. The molecule has 1 amide bonds. The largest absolute Gasteiger partial charge is 0.350 e. The number of hydrogen-bond donors (Lipinski definition) is 3. The first-order chi connectivity index (χ1) is 12.7. The highest BCUT2D eigenvalue weighted by atomic mass is 32.2. The number of benzene rings is 2. The third kappa shape index (κ3) is 5.80. The van der Waals surface area contributed by atoms with E-state index in [1.165, 1.54) is 24.3 Å². The number of nitrogens with one attached hydrogen (secondary N) is 3. The smallest absolute Gasteiger partial charge is 0.261 e. The molecule has 0 aliphatic rings. The van der Waals surface area contributed by atoms with Crippen molar-refractivity contribution < 1.29 is 13.2 Å². The molecule has 0 aliphatic heterocycles. The van der Waals surface area contributed by atoms with Crippen LogP contribution in [0, 0.1) is 13.8 Å². The fourth-order valence-electron chi connectivity index (χ4n) is 2.57. The molecule has 7 heteroatoms. The van der Waals surface area contributed by atoms with Crippen molar-refractivity contribution in [3.63, 3.8) is 0 Å². The molecule has 0 spiro atoms. The second-order valence-electron chi connectivity index (χ2n) is 6.60. The van der Waals surface area contributed by atoms with Crippen LogP contribution >= 0.6 is 0 Å². The van der Waals surface area contributed by atoms with Gasteiger partial charge in [-0.05, 0) is 74.8 Å². The molecule has 0 unspecified atom stereocenters. The van der Waals surface area contributed by atoms with Crippen LogP contribution in [0.15, 0.2) is 47.4 Å². The molecule has 0 saturated heterocycles. The van der Waals surface area contributed by atoms with Crippen LogP contribution in [0.3, 0.4) is 0 Å². The van der Waals surface area contributed by atoms with Crippen LogP contribution in [-0.2, 0) is 10.0 Å². The number of sulfonamides is 1.